The third-order valence-corrected chi connectivity index (χ3v) is 2.28. The summed E-state index contributed by atoms with van der Waals surface area (Å²) in [5.41, 5.74) is 0.729. The fourth-order valence-corrected chi connectivity index (χ4v) is 1.32. The second-order valence-corrected chi connectivity index (χ2v) is 3.41. The van der Waals surface area contributed by atoms with E-state index in [9.17, 15) is 9.90 Å². The van der Waals surface area contributed by atoms with Crippen LogP contribution in [0.2, 0.25) is 0 Å². The topological polar surface area (TPSA) is 61.7 Å². The zero-order chi connectivity index (χ0) is 12.2. The number of rotatable bonds is 4. The molecule has 1 atom stereocenters. The van der Waals surface area contributed by atoms with E-state index in [2.05, 4.69) is 4.99 Å². The molecule has 1 rings (SSSR count). The molecule has 0 saturated carbocycles. The van der Waals surface area contributed by atoms with Crippen LogP contribution in [-0.2, 0) is 9.53 Å². The van der Waals surface area contributed by atoms with E-state index < -0.39 is 11.6 Å². The molecule has 0 N–H and O–H groups in total. The summed E-state index contributed by atoms with van der Waals surface area (Å²) in [5.74, 6) is -2.79. The molecular weight excluding hydrogens is 206 g/mol. The lowest BCUT2D eigenvalue weighted by Gasteiger charge is -2.35. The second-order valence-electron chi connectivity index (χ2n) is 3.41. The SMILES string of the molecule is COC([O-])(C(C)=O)C(C)=Nc1ccccc1. The molecule has 0 heterocycles. The van der Waals surface area contributed by atoms with E-state index in [4.69, 9.17) is 4.74 Å². The van der Waals surface area contributed by atoms with Crippen LogP contribution in [0.4, 0.5) is 5.69 Å². The minimum absolute atomic E-state index is 0.105. The number of nitrogens with zero attached hydrogens (tertiary/aromatic N) is 1. The molecule has 0 spiro atoms. The number of ether oxygens (including phenoxy) is 1. The Hall–Kier alpha value is -1.52. The molecule has 0 saturated heterocycles. The van der Waals surface area contributed by atoms with Gasteiger partial charge in [-0.1, -0.05) is 18.2 Å². The van der Waals surface area contributed by atoms with Crippen molar-refractivity contribution >= 4 is 17.2 Å². The number of benzene rings is 1. The van der Waals surface area contributed by atoms with Crippen LogP contribution in [-0.4, -0.2) is 24.4 Å². The van der Waals surface area contributed by atoms with E-state index >= 15 is 0 Å². The summed E-state index contributed by atoms with van der Waals surface area (Å²) < 4.78 is 4.70. The van der Waals surface area contributed by atoms with Crippen molar-refractivity contribution in [3.05, 3.63) is 30.3 Å². The molecule has 0 bridgehead atoms. The molecule has 1 aromatic carbocycles. The summed E-state index contributed by atoms with van der Waals surface area (Å²) in [4.78, 5) is 15.3. The summed E-state index contributed by atoms with van der Waals surface area (Å²) in [6, 6.07) is 8.96. The smallest absolute Gasteiger partial charge is 0.151 e. The van der Waals surface area contributed by atoms with Crippen molar-refractivity contribution in [1.29, 1.82) is 0 Å². The first-order chi connectivity index (χ1) is 7.50. The Morgan fingerprint density at radius 1 is 1.31 bits per heavy atom. The number of hydrogen-bond acceptors (Lipinski definition) is 4. The molecule has 86 valence electrons. The highest BCUT2D eigenvalue weighted by Gasteiger charge is 2.25. The van der Waals surface area contributed by atoms with Crippen molar-refractivity contribution in [1.82, 2.24) is 0 Å². The summed E-state index contributed by atoms with van der Waals surface area (Å²) in [6.07, 6.45) is 0. The van der Waals surface area contributed by atoms with Gasteiger partial charge in [-0.2, -0.15) is 0 Å². The van der Waals surface area contributed by atoms with Crippen LogP contribution in [0.5, 0.6) is 0 Å². The minimum Gasteiger partial charge on any atom is -0.818 e. The van der Waals surface area contributed by atoms with E-state index in [1.807, 2.05) is 6.07 Å². The van der Waals surface area contributed by atoms with Gasteiger partial charge in [-0.25, -0.2) is 0 Å². The maximum atomic E-state index is 12.0. The van der Waals surface area contributed by atoms with E-state index in [0.29, 0.717) is 5.69 Å². The lowest BCUT2D eigenvalue weighted by atomic mass is 10.1. The molecule has 0 aliphatic carbocycles. The normalized spacial score (nSPS) is 15.6. The van der Waals surface area contributed by atoms with Gasteiger partial charge < -0.3 is 9.84 Å². The van der Waals surface area contributed by atoms with Gasteiger partial charge in [0.25, 0.3) is 0 Å². The fourth-order valence-electron chi connectivity index (χ4n) is 1.32. The molecule has 0 radical (unpaired) electrons. The third kappa shape index (κ3) is 2.53. The predicted molar refractivity (Wildman–Crippen MR) is 59.6 cm³/mol. The van der Waals surface area contributed by atoms with E-state index in [1.54, 1.807) is 24.3 Å². The number of methoxy groups -OCH3 is 1. The first-order valence-electron chi connectivity index (χ1n) is 4.88. The van der Waals surface area contributed by atoms with Crippen molar-refractivity contribution < 1.29 is 14.6 Å². The summed E-state index contributed by atoms with van der Waals surface area (Å²) in [6.45, 7) is 2.69. The first kappa shape index (κ1) is 12.5. The molecule has 4 heteroatoms. The molecule has 0 fully saturated rings. The monoisotopic (exact) mass is 220 g/mol. The average molecular weight is 220 g/mol. The third-order valence-electron chi connectivity index (χ3n) is 2.28. The highest BCUT2D eigenvalue weighted by Crippen LogP contribution is 2.14. The standard InChI is InChI=1S/C12H14NO3/c1-9(12(15,16-3)10(2)14)13-11-7-5-4-6-8-11/h4-8H,1-3H3/q-1. The Balaban J connectivity index is 3.05. The zero-order valence-corrected chi connectivity index (χ0v) is 9.56. The van der Waals surface area contributed by atoms with Gasteiger partial charge in [0.2, 0.25) is 0 Å². The largest absolute Gasteiger partial charge is 0.818 e. The van der Waals surface area contributed by atoms with Crippen molar-refractivity contribution in [2.45, 2.75) is 19.6 Å². The molecule has 0 aliphatic rings. The second kappa shape index (κ2) is 5.01. The maximum absolute atomic E-state index is 12.0. The Bertz CT molecular complexity index is 400. The van der Waals surface area contributed by atoms with Gasteiger partial charge in [-0.05, 0) is 26.0 Å². The van der Waals surface area contributed by atoms with Gasteiger partial charge in [-0.3, -0.25) is 9.79 Å². The maximum Gasteiger partial charge on any atom is 0.151 e. The van der Waals surface area contributed by atoms with Crippen molar-refractivity contribution in [3.63, 3.8) is 0 Å². The Morgan fingerprint density at radius 2 is 1.88 bits per heavy atom. The number of para-hydroxylation sites is 1. The predicted octanol–water partition coefficient (Wildman–Crippen LogP) is 1.07. The van der Waals surface area contributed by atoms with Gasteiger partial charge in [0.05, 0.1) is 11.5 Å². The van der Waals surface area contributed by atoms with Crippen LogP contribution in [0.1, 0.15) is 13.8 Å². The molecule has 0 amide bonds. The molecular formula is C12H14NO3-. The number of hydrogen-bond donors (Lipinski definition) is 0. The van der Waals surface area contributed by atoms with Crippen LogP contribution >= 0.6 is 0 Å². The molecule has 1 aromatic rings. The molecule has 4 nitrogen and oxygen atoms in total. The van der Waals surface area contributed by atoms with Gasteiger partial charge in [0.1, 0.15) is 0 Å². The van der Waals surface area contributed by atoms with Crippen molar-refractivity contribution in [2.24, 2.45) is 4.99 Å². The Labute approximate surface area is 94.6 Å². The van der Waals surface area contributed by atoms with Crippen LogP contribution in [0, 0.1) is 0 Å². The number of carbonyl (C=O) groups is 1. The lowest BCUT2D eigenvalue weighted by molar-refractivity contribution is -0.498. The molecule has 0 aromatic heterocycles. The van der Waals surface area contributed by atoms with Crippen LogP contribution in [0.25, 0.3) is 0 Å². The van der Waals surface area contributed by atoms with Crippen molar-refractivity contribution in [2.75, 3.05) is 7.11 Å². The van der Waals surface area contributed by atoms with Crippen LogP contribution in [0.15, 0.2) is 35.3 Å². The van der Waals surface area contributed by atoms with E-state index in [-0.39, 0.29) is 5.71 Å². The van der Waals surface area contributed by atoms with Crippen LogP contribution < -0.4 is 5.11 Å². The summed E-state index contributed by atoms with van der Waals surface area (Å²) in [7, 11) is 1.21. The van der Waals surface area contributed by atoms with Gasteiger partial charge in [-0.15, -0.1) is 0 Å². The van der Waals surface area contributed by atoms with Crippen LogP contribution in [0.3, 0.4) is 0 Å². The quantitative estimate of drug-likeness (QED) is 0.563. The molecule has 16 heavy (non-hydrogen) atoms. The average Bonchev–Trinajstić information content (AvgIpc) is 2.28. The van der Waals surface area contributed by atoms with E-state index in [1.165, 1.54) is 21.0 Å². The highest BCUT2D eigenvalue weighted by molar-refractivity contribution is 6.09. The Morgan fingerprint density at radius 3 is 2.31 bits per heavy atom. The number of Topliss-reactive ketones (excluding diaryl/α,β-unsaturated/α-hetero) is 1. The summed E-state index contributed by atoms with van der Waals surface area (Å²) in [5, 5.41) is 12.0. The number of aliphatic imine (C=N–C) groups is 1. The zero-order valence-electron chi connectivity index (χ0n) is 9.56. The van der Waals surface area contributed by atoms with Gasteiger partial charge in [0.15, 0.2) is 5.78 Å². The minimum atomic E-state index is -2.18. The summed E-state index contributed by atoms with van der Waals surface area (Å²) >= 11 is 0. The van der Waals surface area contributed by atoms with Crippen molar-refractivity contribution in [3.8, 4) is 0 Å². The fraction of sp³-hybridized carbons (Fsp3) is 0.333. The first-order valence-corrected chi connectivity index (χ1v) is 4.88. The van der Waals surface area contributed by atoms with E-state index in [0.717, 1.165) is 0 Å². The van der Waals surface area contributed by atoms with Gasteiger partial charge >= 0.3 is 0 Å². The lowest BCUT2D eigenvalue weighted by Crippen LogP contribution is -2.57. The number of ketones is 1. The highest BCUT2D eigenvalue weighted by atomic mass is 16.6. The van der Waals surface area contributed by atoms with Gasteiger partial charge in [0, 0.05) is 12.8 Å². The number of carbonyl (C=O) groups excluding carboxylic acids is 1. The Kier molecular flexibility index (Phi) is 3.93. The molecule has 1 unspecified atom stereocenters. The molecule has 0 aliphatic heterocycles.